The van der Waals surface area contributed by atoms with Crippen molar-refractivity contribution in [3.8, 4) is 0 Å². The Hall–Kier alpha value is -1.98. The number of carbonyl (C=O) groups is 2. The van der Waals surface area contributed by atoms with Crippen LogP contribution in [0.4, 0.5) is 0 Å². The van der Waals surface area contributed by atoms with Crippen molar-refractivity contribution in [2.45, 2.75) is 44.7 Å². The molecular formula is C23H28N2O2S. The van der Waals surface area contributed by atoms with Gasteiger partial charge in [-0.1, -0.05) is 30.3 Å². The number of nitrogens with zero attached hydrogens (tertiary/aromatic N) is 2. The smallest absolute Gasteiger partial charge is 0.223 e. The number of fused-ring (bicyclic) bond motifs is 1. The molecule has 0 unspecified atom stereocenters. The number of likely N-dealkylation sites (tertiary alicyclic amines) is 2. The number of Topliss-reactive ketones (excluding diaryl/α,β-unsaturated/α-hetero) is 1. The molecule has 0 bridgehead atoms. The van der Waals surface area contributed by atoms with Crippen LogP contribution in [0.3, 0.4) is 0 Å². The van der Waals surface area contributed by atoms with Crippen LogP contribution in [-0.2, 0) is 11.3 Å². The molecule has 1 aromatic carbocycles. The number of thiophene rings is 1. The van der Waals surface area contributed by atoms with Crippen LogP contribution < -0.4 is 0 Å². The molecule has 0 N–H and O–H groups in total. The summed E-state index contributed by atoms with van der Waals surface area (Å²) in [7, 11) is 0. The zero-order chi connectivity index (χ0) is 19.3. The Kier molecular flexibility index (Phi) is 6.23. The highest BCUT2D eigenvalue weighted by atomic mass is 32.1. The molecule has 2 saturated heterocycles. The summed E-state index contributed by atoms with van der Waals surface area (Å²) in [6.07, 6.45) is 3.97. The van der Waals surface area contributed by atoms with Crippen LogP contribution in [0.1, 0.15) is 48.0 Å². The van der Waals surface area contributed by atoms with E-state index in [9.17, 15) is 9.59 Å². The molecule has 2 atom stereocenters. The summed E-state index contributed by atoms with van der Waals surface area (Å²) < 4.78 is 0. The molecule has 4 nitrogen and oxygen atoms in total. The molecule has 148 valence electrons. The standard InChI is InChI=1S/C23H28N2O2S/c26-22(19-5-2-1-3-6-19)8-9-23(27)25-12-4-7-20-16-24(13-10-21(20)25)15-18-11-14-28-17-18/h1-3,5-6,11,14,17,20-21H,4,7-10,12-13,15-16H2/t20-,21-/m1/s1. The fraction of sp³-hybridized carbons (Fsp3) is 0.478. The zero-order valence-corrected chi connectivity index (χ0v) is 17.1. The Morgan fingerprint density at radius 2 is 1.89 bits per heavy atom. The molecule has 3 heterocycles. The summed E-state index contributed by atoms with van der Waals surface area (Å²) in [5.74, 6) is 0.785. The van der Waals surface area contributed by atoms with Crippen molar-refractivity contribution in [2.24, 2.45) is 5.92 Å². The van der Waals surface area contributed by atoms with Crippen LogP contribution in [0, 0.1) is 5.92 Å². The van der Waals surface area contributed by atoms with Gasteiger partial charge in [-0.25, -0.2) is 0 Å². The second-order valence-corrected chi connectivity index (χ2v) is 8.78. The van der Waals surface area contributed by atoms with Gasteiger partial charge in [0.2, 0.25) is 5.91 Å². The van der Waals surface area contributed by atoms with Gasteiger partial charge in [0, 0.05) is 50.6 Å². The first kappa shape index (κ1) is 19.3. The number of hydrogen-bond donors (Lipinski definition) is 0. The lowest BCUT2D eigenvalue weighted by Crippen LogP contribution is -2.55. The predicted octanol–water partition coefficient (Wildman–Crippen LogP) is 4.22. The Bertz CT molecular complexity index is 790. The van der Waals surface area contributed by atoms with E-state index in [1.165, 1.54) is 12.0 Å². The van der Waals surface area contributed by atoms with E-state index in [2.05, 4.69) is 26.6 Å². The van der Waals surface area contributed by atoms with Crippen LogP contribution in [0.25, 0.3) is 0 Å². The number of benzene rings is 1. The lowest BCUT2D eigenvalue weighted by atomic mass is 9.83. The normalized spacial score (nSPS) is 22.6. The SMILES string of the molecule is O=C(CCC(=O)N1CCC[C@@H]2CN(Cc3ccsc3)CC[C@H]21)c1ccccc1. The molecule has 0 saturated carbocycles. The number of ketones is 1. The third kappa shape index (κ3) is 4.53. The minimum atomic E-state index is 0.0630. The number of hydrogen-bond acceptors (Lipinski definition) is 4. The van der Waals surface area contributed by atoms with Crippen molar-refractivity contribution in [1.82, 2.24) is 9.80 Å². The summed E-state index contributed by atoms with van der Waals surface area (Å²) in [6, 6.07) is 11.9. The van der Waals surface area contributed by atoms with Crippen LogP contribution in [0.15, 0.2) is 47.2 Å². The molecule has 2 fully saturated rings. The van der Waals surface area contributed by atoms with Gasteiger partial charge in [-0.3, -0.25) is 14.5 Å². The predicted molar refractivity (Wildman–Crippen MR) is 112 cm³/mol. The molecule has 28 heavy (non-hydrogen) atoms. The summed E-state index contributed by atoms with van der Waals surface area (Å²) in [5.41, 5.74) is 2.10. The monoisotopic (exact) mass is 396 g/mol. The Morgan fingerprint density at radius 3 is 2.68 bits per heavy atom. The van der Waals surface area contributed by atoms with Gasteiger partial charge in [0.05, 0.1) is 0 Å². The number of carbonyl (C=O) groups excluding carboxylic acids is 2. The van der Waals surface area contributed by atoms with Crippen molar-refractivity contribution >= 4 is 23.0 Å². The van der Waals surface area contributed by atoms with E-state index in [1.807, 2.05) is 30.3 Å². The summed E-state index contributed by atoms with van der Waals surface area (Å²) in [4.78, 5) is 29.8. The van der Waals surface area contributed by atoms with E-state index in [-0.39, 0.29) is 11.7 Å². The molecule has 5 heteroatoms. The molecule has 1 aromatic heterocycles. The lowest BCUT2D eigenvalue weighted by Gasteiger charge is -2.47. The van der Waals surface area contributed by atoms with Crippen molar-refractivity contribution in [3.05, 3.63) is 58.3 Å². The maximum atomic E-state index is 12.9. The van der Waals surface area contributed by atoms with Crippen LogP contribution in [0.2, 0.25) is 0 Å². The van der Waals surface area contributed by atoms with E-state index in [0.717, 1.165) is 39.0 Å². The number of amides is 1. The first-order valence-electron chi connectivity index (χ1n) is 10.3. The molecule has 0 spiro atoms. The fourth-order valence-corrected chi connectivity index (χ4v) is 5.37. The van der Waals surface area contributed by atoms with E-state index in [1.54, 1.807) is 11.3 Å². The molecule has 2 aliphatic rings. The van der Waals surface area contributed by atoms with Gasteiger partial charge in [0.1, 0.15) is 0 Å². The van der Waals surface area contributed by atoms with Gasteiger partial charge >= 0.3 is 0 Å². The van der Waals surface area contributed by atoms with Gasteiger partial charge in [0.25, 0.3) is 0 Å². The summed E-state index contributed by atoms with van der Waals surface area (Å²) in [5, 5.41) is 4.37. The average molecular weight is 397 g/mol. The maximum absolute atomic E-state index is 12.9. The minimum absolute atomic E-state index is 0.0630. The van der Waals surface area contributed by atoms with Crippen molar-refractivity contribution in [3.63, 3.8) is 0 Å². The second-order valence-electron chi connectivity index (χ2n) is 8.00. The highest BCUT2D eigenvalue weighted by molar-refractivity contribution is 7.07. The van der Waals surface area contributed by atoms with Crippen molar-refractivity contribution in [1.29, 1.82) is 0 Å². The largest absolute Gasteiger partial charge is 0.339 e. The van der Waals surface area contributed by atoms with Crippen LogP contribution in [0.5, 0.6) is 0 Å². The molecule has 1 amide bonds. The van der Waals surface area contributed by atoms with Crippen molar-refractivity contribution in [2.75, 3.05) is 19.6 Å². The van der Waals surface area contributed by atoms with Gasteiger partial charge < -0.3 is 4.90 Å². The van der Waals surface area contributed by atoms with Gasteiger partial charge in [-0.15, -0.1) is 0 Å². The molecule has 0 radical (unpaired) electrons. The third-order valence-electron chi connectivity index (χ3n) is 6.12. The molecule has 4 rings (SSSR count). The maximum Gasteiger partial charge on any atom is 0.223 e. The number of piperidine rings is 2. The first-order chi connectivity index (χ1) is 13.7. The molecule has 0 aliphatic carbocycles. The minimum Gasteiger partial charge on any atom is -0.339 e. The van der Waals surface area contributed by atoms with Crippen LogP contribution in [-0.4, -0.2) is 47.2 Å². The lowest BCUT2D eigenvalue weighted by molar-refractivity contribution is -0.138. The number of rotatable bonds is 6. The van der Waals surface area contributed by atoms with E-state index in [4.69, 9.17) is 0 Å². The quantitative estimate of drug-likeness (QED) is 0.686. The Morgan fingerprint density at radius 1 is 1.04 bits per heavy atom. The van der Waals surface area contributed by atoms with Crippen LogP contribution >= 0.6 is 11.3 Å². The zero-order valence-electron chi connectivity index (χ0n) is 16.3. The molecular weight excluding hydrogens is 368 g/mol. The van der Waals surface area contributed by atoms with Gasteiger partial charge in [0.15, 0.2) is 5.78 Å². The Balaban J connectivity index is 1.31. The summed E-state index contributed by atoms with van der Waals surface area (Å²) >= 11 is 1.75. The topological polar surface area (TPSA) is 40.6 Å². The van der Waals surface area contributed by atoms with Crippen molar-refractivity contribution < 1.29 is 9.59 Å². The van der Waals surface area contributed by atoms with Gasteiger partial charge in [-0.05, 0) is 47.6 Å². The van der Waals surface area contributed by atoms with E-state index >= 15 is 0 Å². The van der Waals surface area contributed by atoms with E-state index < -0.39 is 0 Å². The second kappa shape index (κ2) is 9.01. The highest BCUT2D eigenvalue weighted by Crippen LogP contribution is 2.32. The first-order valence-corrected chi connectivity index (χ1v) is 11.3. The molecule has 2 aliphatic heterocycles. The fourth-order valence-electron chi connectivity index (χ4n) is 4.71. The van der Waals surface area contributed by atoms with Gasteiger partial charge in [-0.2, -0.15) is 11.3 Å². The average Bonchev–Trinajstić information content (AvgIpc) is 3.25. The third-order valence-corrected chi connectivity index (χ3v) is 6.85. The molecule has 2 aromatic rings. The van der Waals surface area contributed by atoms with E-state index in [0.29, 0.717) is 30.4 Å². The summed E-state index contributed by atoms with van der Waals surface area (Å²) in [6.45, 7) is 3.99. The Labute approximate surface area is 171 Å². The highest BCUT2D eigenvalue weighted by Gasteiger charge is 2.37.